The summed E-state index contributed by atoms with van der Waals surface area (Å²) in [6.45, 7) is 8.85. The molecule has 108 valence electrons. The lowest BCUT2D eigenvalue weighted by atomic mass is 10.2. The molecule has 0 aliphatic heterocycles. The van der Waals surface area contributed by atoms with Crippen LogP contribution < -0.4 is 15.8 Å². The molecule has 0 saturated heterocycles. The van der Waals surface area contributed by atoms with Crippen molar-refractivity contribution in [3.63, 3.8) is 0 Å². The van der Waals surface area contributed by atoms with E-state index in [0.29, 0.717) is 12.6 Å². The first-order valence-corrected chi connectivity index (χ1v) is 7.10. The zero-order valence-corrected chi connectivity index (χ0v) is 12.5. The Kier molecular flexibility index (Phi) is 6.56. The Morgan fingerprint density at radius 1 is 1.47 bits per heavy atom. The highest BCUT2D eigenvalue weighted by Gasteiger charge is 2.04. The van der Waals surface area contributed by atoms with Crippen molar-refractivity contribution in [2.24, 2.45) is 0 Å². The van der Waals surface area contributed by atoms with Crippen molar-refractivity contribution in [3.8, 4) is 0 Å². The van der Waals surface area contributed by atoms with Gasteiger partial charge in [-0.15, -0.1) is 0 Å². The second-order valence-corrected chi connectivity index (χ2v) is 4.89. The number of hydrogen-bond acceptors (Lipinski definition) is 4. The quantitative estimate of drug-likeness (QED) is 0.774. The Balaban J connectivity index is 2.53. The van der Waals surface area contributed by atoms with Gasteiger partial charge < -0.3 is 10.2 Å². The molecule has 0 amide bonds. The van der Waals surface area contributed by atoms with Gasteiger partial charge in [-0.3, -0.25) is 4.79 Å². The number of nitrogens with one attached hydrogen (secondary N) is 1. The first kappa shape index (κ1) is 15.7. The van der Waals surface area contributed by atoms with E-state index in [1.54, 1.807) is 16.9 Å². The molecule has 0 radical (unpaired) electrons. The Bertz CT molecular complexity index is 430. The average molecular weight is 266 g/mol. The molecule has 0 saturated carbocycles. The van der Waals surface area contributed by atoms with Crippen LogP contribution in [0.25, 0.3) is 0 Å². The van der Waals surface area contributed by atoms with Crippen molar-refractivity contribution < 1.29 is 0 Å². The van der Waals surface area contributed by atoms with E-state index in [2.05, 4.69) is 24.3 Å². The van der Waals surface area contributed by atoms with Crippen LogP contribution in [0.15, 0.2) is 17.1 Å². The van der Waals surface area contributed by atoms with E-state index in [9.17, 15) is 4.79 Å². The molecule has 1 heterocycles. The smallest absolute Gasteiger partial charge is 0.268 e. The monoisotopic (exact) mass is 266 g/mol. The molecule has 19 heavy (non-hydrogen) atoms. The molecule has 0 aliphatic rings. The maximum Gasteiger partial charge on any atom is 0.268 e. The van der Waals surface area contributed by atoms with Crippen molar-refractivity contribution >= 4 is 5.69 Å². The maximum atomic E-state index is 11.9. The van der Waals surface area contributed by atoms with Crippen LogP contribution in [0.1, 0.15) is 33.6 Å². The normalized spacial score (nSPS) is 12.4. The van der Waals surface area contributed by atoms with Crippen molar-refractivity contribution in [1.29, 1.82) is 0 Å². The lowest BCUT2D eigenvalue weighted by molar-refractivity contribution is 0.462. The molecule has 0 aliphatic carbocycles. The molecule has 0 aromatic carbocycles. The summed E-state index contributed by atoms with van der Waals surface area (Å²) in [6.07, 6.45) is 3.78. The summed E-state index contributed by atoms with van der Waals surface area (Å²) < 4.78 is 1.55. The van der Waals surface area contributed by atoms with Gasteiger partial charge in [-0.05, 0) is 33.2 Å². The van der Waals surface area contributed by atoms with E-state index in [1.165, 1.54) is 0 Å². The molecule has 1 N–H and O–H groups in total. The zero-order valence-electron chi connectivity index (χ0n) is 12.5. The number of rotatable bonds is 8. The molecule has 0 bridgehead atoms. The largest absolute Gasteiger partial charge is 0.373 e. The van der Waals surface area contributed by atoms with Crippen LogP contribution in [0.5, 0.6) is 0 Å². The van der Waals surface area contributed by atoms with Crippen molar-refractivity contribution in [3.05, 3.63) is 22.6 Å². The van der Waals surface area contributed by atoms with Crippen molar-refractivity contribution in [1.82, 2.24) is 15.1 Å². The molecule has 1 atom stereocenters. The van der Waals surface area contributed by atoms with Gasteiger partial charge in [0.2, 0.25) is 0 Å². The summed E-state index contributed by atoms with van der Waals surface area (Å²) in [4.78, 5) is 13.9. The van der Waals surface area contributed by atoms with Gasteiger partial charge >= 0.3 is 0 Å². The first-order chi connectivity index (χ1) is 9.08. The summed E-state index contributed by atoms with van der Waals surface area (Å²) in [5, 5.41) is 7.60. The van der Waals surface area contributed by atoms with Gasteiger partial charge in [0.05, 0.1) is 11.9 Å². The van der Waals surface area contributed by atoms with Gasteiger partial charge in [0.25, 0.3) is 5.56 Å². The summed E-state index contributed by atoms with van der Waals surface area (Å²) in [5.74, 6) is 0. The number of aryl methyl sites for hydroxylation is 1. The third-order valence-electron chi connectivity index (χ3n) is 3.33. The van der Waals surface area contributed by atoms with Crippen molar-refractivity contribution in [2.75, 3.05) is 25.0 Å². The summed E-state index contributed by atoms with van der Waals surface area (Å²) in [6, 6.07) is 2.15. The average Bonchev–Trinajstić information content (AvgIpc) is 2.40. The van der Waals surface area contributed by atoms with Crippen LogP contribution in [0, 0.1) is 0 Å². The second kappa shape index (κ2) is 7.94. The van der Waals surface area contributed by atoms with Crippen LogP contribution >= 0.6 is 0 Å². The highest BCUT2D eigenvalue weighted by atomic mass is 16.1. The molecule has 1 unspecified atom stereocenters. The molecule has 1 aromatic rings. The Morgan fingerprint density at radius 2 is 2.21 bits per heavy atom. The third-order valence-corrected chi connectivity index (χ3v) is 3.33. The third kappa shape index (κ3) is 5.03. The predicted molar refractivity (Wildman–Crippen MR) is 79.8 cm³/mol. The topological polar surface area (TPSA) is 50.2 Å². The van der Waals surface area contributed by atoms with E-state index in [4.69, 9.17) is 0 Å². The highest BCUT2D eigenvalue weighted by molar-refractivity contribution is 5.41. The van der Waals surface area contributed by atoms with E-state index >= 15 is 0 Å². The molecule has 5 nitrogen and oxygen atoms in total. The predicted octanol–water partition coefficient (Wildman–Crippen LogP) is 1.48. The number of aromatic nitrogens is 2. The molecule has 1 rings (SSSR count). The molecule has 0 spiro atoms. The minimum Gasteiger partial charge on any atom is -0.373 e. The van der Waals surface area contributed by atoms with E-state index in [0.717, 1.165) is 31.6 Å². The molecule has 0 fully saturated rings. The fourth-order valence-electron chi connectivity index (χ4n) is 1.98. The van der Waals surface area contributed by atoms with E-state index in [-0.39, 0.29) is 5.56 Å². The standard InChI is InChI=1S/C14H26N4O/c1-5-15-12(3)8-7-9-18-14(19)10-13(11-16-18)17(4)6-2/h10-12,15H,5-9H2,1-4H3. The van der Waals surface area contributed by atoms with Gasteiger partial charge in [0, 0.05) is 32.2 Å². The van der Waals surface area contributed by atoms with E-state index < -0.39 is 0 Å². The summed E-state index contributed by atoms with van der Waals surface area (Å²) in [5.41, 5.74) is 0.860. The van der Waals surface area contributed by atoms with Gasteiger partial charge in [-0.2, -0.15) is 5.10 Å². The molecule has 5 heteroatoms. The fourth-order valence-corrected chi connectivity index (χ4v) is 1.98. The van der Waals surface area contributed by atoms with E-state index in [1.807, 2.05) is 18.9 Å². The zero-order chi connectivity index (χ0) is 14.3. The Hall–Kier alpha value is -1.36. The lowest BCUT2D eigenvalue weighted by Crippen LogP contribution is -2.28. The van der Waals surface area contributed by atoms with Gasteiger partial charge in [-0.1, -0.05) is 6.92 Å². The number of anilines is 1. The lowest BCUT2D eigenvalue weighted by Gasteiger charge is -2.16. The number of nitrogens with zero attached hydrogens (tertiary/aromatic N) is 3. The van der Waals surface area contributed by atoms with Crippen LogP contribution in [-0.4, -0.2) is 36.0 Å². The molecular formula is C14H26N4O. The van der Waals surface area contributed by atoms with Crippen LogP contribution in [0.2, 0.25) is 0 Å². The maximum absolute atomic E-state index is 11.9. The fraction of sp³-hybridized carbons (Fsp3) is 0.714. The van der Waals surface area contributed by atoms with Gasteiger partial charge in [0.15, 0.2) is 0 Å². The Labute approximate surface area is 115 Å². The van der Waals surface area contributed by atoms with Crippen molar-refractivity contribution in [2.45, 2.75) is 46.2 Å². The van der Waals surface area contributed by atoms with Crippen LogP contribution in [-0.2, 0) is 6.54 Å². The molecule has 1 aromatic heterocycles. The SMILES string of the molecule is CCNC(C)CCCn1ncc(N(C)CC)cc1=O. The van der Waals surface area contributed by atoms with Gasteiger partial charge in [-0.25, -0.2) is 4.68 Å². The van der Waals surface area contributed by atoms with Crippen LogP contribution in [0.3, 0.4) is 0 Å². The first-order valence-electron chi connectivity index (χ1n) is 7.10. The minimum atomic E-state index is -0.0195. The minimum absolute atomic E-state index is 0.0195. The highest BCUT2D eigenvalue weighted by Crippen LogP contribution is 2.06. The number of hydrogen-bond donors (Lipinski definition) is 1. The molecular weight excluding hydrogens is 240 g/mol. The Morgan fingerprint density at radius 3 is 2.79 bits per heavy atom. The van der Waals surface area contributed by atoms with Gasteiger partial charge in [0.1, 0.15) is 0 Å². The second-order valence-electron chi connectivity index (χ2n) is 4.89. The summed E-state index contributed by atoms with van der Waals surface area (Å²) >= 11 is 0. The summed E-state index contributed by atoms with van der Waals surface area (Å²) in [7, 11) is 1.96. The van der Waals surface area contributed by atoms with Crippen LogP contribution in [0.4, 0.5) is 5.69 Å².